The quantitative estimate of drug-likeness (QED) is 0.516. The zero-order valence-electron chi connectivity index (χ0n) is 12.3. The molecule has 0 bridgehead atoms. The second-order valence-corrected chi connectivity index (χ2v) is 6.04. The average molecular weight is 379 g/mol. The molecule has 2 aromatic carbocycles. The number of hydrogen-bond acceptors (Lipinski definition) is 4. The van der Waals surface area contributed by atoms with Gasteiger partial charge in [-0.2, -0.15) is 14.9 Å². The predicted molar refractivity (Wildman–Crippen MR) is 97.6 cm³/mol. The van der Waals surface area contributed by atoms with E-state index >= 15 is 0 Å². The monoisotopic (exact) mass is 378 g/mol. The number of aromatic amines is 1. The van der Waals surface area contributed by atoms with Crippen LogP contribution in [-0.4, -0.2) is 21.1 Å². The van der Waals surface area contributed by atoms with Gasteiger partial charge in [0, 0.05) is 21.2 Å². The normalized spacial score (nSPS) is 11.1. The van der Waals surface area contributed by atoms with E-state index in [4.69, 9.17) is 40.2 Å². The molecule has 1 aromatic heterocycles. The smallest absolute Gasteiger partial charge is 0.216 e. The number of benzene rings is 2. The molecule has 0 unspecified atom stereocenters. The maximum absolute atomic E-state index is 6.17. The highest BCUT2D eigenvalue weighted by molar-refractivity contribution is 7.71. The van der Waals surface area contributed by atoms with Gasteiger partial charge in [-0.15, -0.1) is 0 Å². The molecular weight excluding hydrogens is 367 g/mol. The predicted octanol–water partition coefficient (Wildman–Crippen LogP) is 4.71. The van der Waals surface area contributed by atoms with E-state index in [1.54, 1.807) is 18.3 Å². The maximum atomic E-state index is 6.17. The number of nitrogens with one attached hydrogen (secondary N) is 1. The van der Waals surface area contributed by atoms with Crippen molar-refractivity contribution in [1.82, 2.24) is 14.9 Å². The van der Waals surface area contributed by atoms with Gasteiger partial charge in [0.2, 0.25) is 4.77 Å². The molecule has 0 aliphatic rings. The highest BCUT2D eigenvalue weighted by Crippen LogP contribution is 2.23. The van der Waals surface area contributed by atoms with Gasteiger partial charge in [-0.3, -0.25) is 5.10 Å². The molecule has 1 heterocycles. The Morgan fingerprint density at radius 2 is 2.08 bits per heavy atom. The summed E-state index contributed by atoms with van der Waals surface area (Å²) in [6, 6.07) is 12.9. The van der Waals surface area contributed by atoms with E-state index in [2.05, 4.69) is 15.3 Å². The minimum absolute atomic E-state index is 0.325. The molecular formula is C16H12Cl2N4OS. The fourth-order valence-electron chi connectivity index (χ4n) is 1.96. The van der Waals surface area contributed by atoms with Crippen LogP contribution in [0.15, 0.2) is 53.9 Å². The molecule has 0 saturated heterocycles. The summed E-state index contributed by atoms with van der Waals surface area (Å²) in [7, 11) is 0. The van der Waals surface area contributed by atoms with Crippen LogP contribution in [0.2, 0.25) is 10.0 Å². The number of nitrogens with zero attached hydrogens (tertiary/aromatic N) is 3. The average Bonchev–Trinajstić information content (AvgIpc) is 2.98. The van der Waals surface area contributed by atoms with Crippen molar-refractivity contribution in [3.63, 3.8) is 0 Å². The van der Waals surface area contributed by atoms with Crippen LogP contribution >= 0.6 is 35.4 Å². The Labute approximate surface area is 153 Å². The first-order valence-electron chi connectivity index (χ1n) is 6.95. The Hall–Kier alpha value is -2.15. The summed E-state index contributed by atoms with van der Waals surface area (Å²) in [4.78, 5) is 0. The van der Waals surface area contributed by atoms with Gasteiger partial charge in [0.15, 0.2) is 0 Å². The first-order chi connectivity index (χ1) is 11.6. The summed E-state index contributed by atoms with van der Waals surface area (Å²) in [5.41, 5.74) is 1.66. The standard InChI is InChI=1S/C16H12Cl2N4OS/c17-13-6-5-12(14(18)7-13)9-23-15-4-2-1-3-11(15)8-20-22-10-19-21-16(22)24/h1-8,10H,9H2,(H,21,24). The first-order valence-corrected chi connectivity index (χ1v) is 8.12. The fourth-order valence-corrected chi connectivity index (χ4v) is 2.57. The molecule has 0 amide bonds. The zero-order valence-corrected chi connectivity index (χ0v) is 14.6. The molecule has 0 saturated carbocycles. The van der Waals surface area contributed by atoms with Gasteiger partial charge < -0.3 is 4.74 Å². The molecule has 5 nitrogen and oxygen atoms in total. The van der Waals surface area contributed by atoms with Crippen molar-refractivity contribution < 1.29 is 4.74 Å². The number of rotatable bonds is 5. The van der Waals surface area contributed by atoms with Gasteiger partial charge in [0.1, 0.15) is 18.7 Å². The van der Waals surface area contributed by atoms with Crippen LogP contribution in [0.4, 0.5) is 0 Å². The molecule has 24 heavy (non-hydrogen) atoms. The molecule has 0 fully saturated rings. The molecule has 0 aliphatic heterocycles. The summed E-state index contributed by atoms with van der Waals surface area (Å²) < 4.78 is 7.74. The van der Waals surface area contributed by atoms with Crippen molar-refractivity contribution in [1.29, 1.82) is 0 Å². The van der Waals surface area contributed by atoms with Gasteiger partial charge in [-0.05, 0) is 36.5 Å². The van der Waals surface area contributed by atoms with Gasteiger partial charge >= 0.3 is 0 Å². The van der Waals surface area contributed by atoms with Crippen molar-refractivity contribution in [2.45, 2.75) is 6.61 Å². The third-order valence-electron chi connectivity index (χ3n) is 3.17. The lowest BCUT2D eigenvalue weighted by atomic mass is 10.2. The lowest BCUT2D eigenvalue weighted by Gasteiger charge is -2.10. The topological polar surface area (TPSA) is 55.2 Å². The summed E-state index contributed by atoms with van der Waals surface area (Å²) in [5, 5.41) is 11.9. The number of hydrogen-bond donors (Lipinski definition) is 1. The molecule has 0 radical (unpaired) electrons. The fraction of sp³-hybridized carbons (Fsp3) is 0.0625. The SMILES string of the molecule is S=c1[nH]ncn1N=Cc1ccccc1OCc1ccc(Cl)cc1Cl. The number of para-hydroxylation sites is 1. The van der Waals surface area contributed by atoms with Crippen LogP contribution in [-0.2, 0) is 6.61 Å². The zero-order chi connectivity index (χ0) is 16.9. The number of ether oxygens (including phenoxy) is 1. The number of aromatic nitrogens is 3. The summed E-state index contributed by atoms with van der Waals surface area (Å²) in [6.45, 7) is 0.325. The van der Waals surface area contributed by atoms with Crippen molar-refractivity contribution in [3.8, 4) is 5.75 Å². The molecule has 8 heteroatoms. The van der Waals surface area contributed by atoms with Gasteiger partial charge in [-0.1, -0.05) is 41.4 Å². The lowest BCUT2D eigenvalue weighted by molar-refractivity contribution is 0.306. The van der Waals surface area contributed by atoms with Crippen molar-refractivity contribution in [3.05, 3.63) is 74.7 Å². The second-order valence-electron chi connectivity index (χ2n) is 4.81. The lowest BCUT2D eigenvalue weighted by Crippen LogP contribution is -1.99. The molecule has 3 aromatic rings. The third-order valence-corrected chi connectivity index (χ3v) is 4.04. The van der Waals surface area contributed by atoms with Crippen LogP contribution in [0.5, 0.6) is 5.75 Å². The highest BCUT2D eigenvalue weighted by Gasteiger charge is 2.05. The van der Waals surface area contributed by atoms with Gasteiger partial charge in [0.25, 0.3) is 0 Å². The molecule has 122 valence electrons. The Morgan fingerprint density at radius 1 is 1.25 bits per heavy atom. The maximum Gasteiger partial charge on any atom is 0.216 e. The molecule has 3 rings (SSSR count). The molecule has 0 atom stereocenters. The van der Waals surface area contributed by atoms with Crippen LogP contribution in [0.3, 0.4) is 0 Å². The van der Waals surface area contributed by atoms with Crippen LogP contribution in [0.25, 0.3) is 0 Å². The van der Waals surface area contributed by atoms with Crippen LogP contribution in [0, 0.1) is 4.77 Å². The Kier molecular flexibility index (Phi) is 5.30. The Morgan fingerprint density at radius 3 is 2.83 bits per heavy atom. The summed E-state index contributed by atoms with van der Waals surface area (Å²) in [5.74, 6) is 0.683. The summed E-state index contributed by atoms with van der Waals surface area (Å²) >= 11 is 17.1. The molecule has 1 N–H and O–H groups in total. The van der Waals surface area contributed by atoms with Crippen molar-refractivity contribution in [2.24, 2.45) is 5.10 Å². The number of halogens is 2. The van der Waals surface area contributed by atoms with E-state index < -0.39 is 0 Å². The minimum Gasteiger partial charge on any atom is -0.488 e. The third kappa shape index (κ3) is 4.03. The van der Waals surface area contributed by atoms with Crippen LogP contribution < -0.4 is 4.74 Å². The summed E-state index contributed by atoms with van der Waals surface area (Å²) in [6.07, 6.45) is 3.15. The van der Waals surface area contributed by atoms with E-state index in [-0.39, 0.29) is 0 Å². The van der Waals surface area contributed by atoms with E-state index in [9.17, 15) is 0 Å². The molecule has 0 spiro atoms. The molecule has 0 aliphatic carbocycles. The van der Waals surface area contributed by atoms with Gasteiger partial charge in [0.05, 0.1) is 6.21 Å². The van der Waals surface area contributed by atoms with Crippen LogP contribution in [0.1, 0.15) is 11.1 Å². The van der Waals surface area contributed by atoms with E-state index in [1.807, 2.05) is 30.3 Å². The van der Waals surface area contributed by atoms with Crippen molar-refractivity contribution >= 4 is 41.6 Å². The minimum atomic E-state index is 0.325. The van der Waals surface area contributed by atoms with Crippen molar-refractivity contribution in [2.75, 3.05) is 0 Å². The number of H-pyrrole nitrogens is 1. The Balaban J connectivity index is 1.78. The van der Waals surface area contributed by atoms with Gasteiger partial charge in [-0.25, -0.2) is 0 Å². The Bertz CT molecular complexity index is 936. The van der Waals surface area contributed by atoms with E-state index in [0.717, 1.165) is 11.1 Å². The largest absolute Gasteiger partial charge is 0.488 e. The highest BCUT2D eigenvalue weighted by atomic mass is 35.5. The van der Waals surface area contributed by atoms with E-state index in [1.165, 1.54) is 11.0 Å². The van der Waals surface area contributed by atoms with E-state index in [0.29, 0.717) is 27.2 Å². The second kappa shape index (κ2) is 7.61. The first kappa shape index (κ1) is 16.7.